The highest BCUT2D eigenvalue weighted by atomic mass is 32.2. The van der Waals surface area contributed by atoms with Crippen molar-refractivity contribution in [2.45, 2.75) is 0 Å². The molecule has 0 aliphatic rings. The number of rotatable bonds is 8. The van der Waals surface area contributed by atoms with Gasteiger partial charge in [0.25, 0.3) is 0 Å². The summed E-state index contributed by atoms with van der Waals surface area (Å²) in [5.41, 5.74) is 0. The number of hydrogen-bond acceptors (Lipinski definition) is 5. The molecule has 0 saturated carbocycles. The molecule has 0 atom stereocenters. The number of nitrogens with zero attached hydrogens (tertiary/aromatic N) is 1. The van der Waals surface area contributed by atoms with Gasteiger partial charge in [-0.05, 0) is 0 Å². The number of nitrogens with one attached hydrogen (secondary N) is 1. The Bertz CT molecular complexity index is 389. The maximum atomic E-state index is 11.3. The third-order valence-electron chi connectivity index (χ3n) is 1.74. The summed E-state index contributed by atoms with van der Waals surface area (Å²) in [6.07, 6.45) is 2.09. The number of ether oxygens (including phenoxy) is 1. The summed E-state index contributed by atoms with van der Waals surface area (Å²) >= 11 is 0. The Balaban J connectivity index is 4.24. The predicted octanol–water partition coefficient (Wildman–Crippen LogP) is -1.56. The molecule has 0 aromatic carbocycles. The van der Waals surface area contributed by atoms with Crippen molar-refractivity contribution in [1.29, 1.82) is 0 Å². The summed E-state index contributed by atoms with van der Waals surface area (Å²) in [5.74, 6) is 0. The third kappa shape index (κ3) is 7.99. The van der Waals surface area contributed by atoms with Crippen LogP contribution in [0.5, 0.6) is 0 Å². The van der Waals surface area contributed by atoms with E-state index in [9.17, 15) is 16.8 Å². The van der Waals surface area contributed by atoms with E-state index in [4.69, 9.17) is 4.74 Å². The van der Waals surface area contributed by atoms with Crippen LogP contribution >= 0.6 is 0 Å². The number of methoxy groups -OCH3 is 1. The molecular weight excluding hydrogens is 256 g/mol. The molecule has 0 unspecified atom stereocenters. The lowest BCUT2D eigenvalue weighted by atomic mass is 10.6. The first-order valence-corrected chi connectivity index (χ1v) is 8.29. The fourth-order valence-electron chi connectivity index (χ4n) is 0.992. The van der Waals surface area contributed by atoms with E-state index in [0.717, 1.165) is 16.8 Å². The van der Waals surface area contributed by atoms with E-state index < -0.39 is 20.0 Å². The van der Waals surface area contributed by atoms with E-state index in [2.05, 4.69) is 4.72 Å². The van der Waals surface area contributed by atoms with Gasteiger partial charge in [-0.2, -0.15) is 4.31 Å². The van der Waals surface area contributed by atoms with Crippen molar-refractivity contribution in [2.24, 2.45) is 0 Å². The molecule has 0 rings (SSSR count). The smallest absolute Gasteiger partial charge is 0.211 e. The second-order valence-corrected chi connectivity index (χ2v) is 7.14. The van der Waals surface area contributed by atoms with Crippen LogP contribution in [0, 0.1) is 0 Å². The molecule has 16 heavy (non-hydrogen) atoms. The number of hydrogen-bond donors (Lipinski definition) is 1. The molecule has 0 bridgehead atoms. The average molecular weight is 274 g/mol. The minimum absolute atomic E-state index is 0.0512. The molecule has 0 fully saturated rings. The largest absolute Gasteiger partial charge is 0.383 e. The van der Waals surface area contributed by atoms with Gasteiger partial charge in [0.15, 0.2) is 0 Å². The Morgan fingerprint density at radius 2 is 1.69 bits per heavy atom. The SMILES string of the molecule is COCCN(CCNS(C)(=O)=O)S(C)(=O)=O. The van der Waals surface area contributed by atoms with Gasteiger partial charge in [-0.15, -0.1) is 0 Å². The normalized spacial score (nSPS) is 13.2. The lowest BCUT2D eigenvalue weighted by molar-refractivity contribution is 0.179. The van der Waals surface area contributed by atoms with E-state index >= 15 is 0 Å². The van der Waals surface area contributed by atoms with E-state index in [-0.39, 0.29) is 26.2 Å². The van der Waals surface area contributed by atoms with Crippen LogP contribution in [0.3, 0.4) is 0 Å². The van der Waals surface area contributed by atoms with E-state index in [1.54, 1.807) is 0 Å². The maximum absolute atomic E-state index is 11.3. The summed E-state index contributed by atoms with van der Waals surface area (Å²) in [4.78, 5) is 0. The second-order valence-electron chi connectivity index (χ2n) is 3.32. The first kappa shape index (κ1) is 15.8. The van der Waals surface area contributed by atoms with Gasteiger partial charge < -0.3 is 4.74 Å². The molecule has 1 N–H and O–H groups in total. The highest BCUT2D eigenvalue weighted by Crippen LogP contribution is 1.96. The molecular formula is C7H18N2O5S2. The minimum Gasteiger partial charge on any atom is -0.383 e. The predicted molar refractivity (Wildman–Crippen MR) is 61.1 cm³/mol. The zero-order valence-corrected chi connectivity index (χ0v) is 11.3. The average Bonchev–Trinajstić information content (AvgIpc) is 2.06. The lowest BCUT2D eigenvalue weighted by Crippen LogP contribution is -2.39. The van der Waals surface area contributed by atoms with Gasteiger partial charge in [0.1, 0.15) is 0 Å². The molecule has 0 aromatic heterocycles. The van der Waals surface area contributed by atoms with Crippen LogP contribution in [-0.4, -0.2) is 67.0 Å². The van der Waals surface area contributed by atoms with Gasteiger partial charge in [0, 0.05) is 26.7 Å². The van der Waals surface area contributed by atoms with Crippen molar-refractivity contribution < 1.29 is 21.6 Å². The zero-order valence-electron chi connectivity index (χ0n) is 9.63. The van der Waals surface area contributed by atoms with Crippen LogP contribution in [0.15, 0.2) is 0 Å². The molecule has 98 valence electrons. The minimum atomic E-state index is -3.34. The van der Waals surface area contributed by atoms with E-state index in [0.29, 0.717) is 0 Å². The van der Waals surface area contributed by atoms with Crippen molar-refractivity contribution in [3.8, 4) is 0 Å². The second kappa shape index (κ2) is 6.50. The van der Waals surface area contributed by atoms with Crippen molar-refractivity contribution in [3.63, 3.8) is 0 Å². The molecule has 0 amide bonds. The van der Waals surface area contributed by atoms with Crippen molar-refractivity contribution >= 4 is 20.0 Å². The molecule has 0 spiro atoms. The van der Waals surface area contributed by atoms with Crippen LogP contribution in [0.25, 0.3) is 0 Å². The Morgan fingerprint density at radius 3 is 2.06 bits per heavy atom. The molecule has 0 heterocycles. The quantitative estimate of drug-likeness (QED) is 0.578. The summed E-state index contributed by atoms with van der Waals surface area (Å²) in [6, 6.07) is 0. The fraction of sp³-hybridized carbons (Fsp3) is 1.00. The first-order valence-electron chi connectivity index (χ1n) is 4.55. The van der Waals surface area contributed by atoms with Crippen LogP contribution in [-0.2, 0) is 24.8 Å². The summed E-state index contributed by atoms with van der Waals surface area (Å²) in [6.45, 7) is 0.623. The first-order chi connectivity index (χ1) is 7.17. The van der Waals surface area contributed by atoms with Gasteiger partial charge in [-0.25, -0.2) is 21.6 Å². The lowest BCUT2D eigenvalue weighted by Gasteiger charge is -2.19. The zero-order chi connectivity index (χ0) is 12.8. The standard InChI is InChI=1S/C7H18N2O5S2/c1-14-7-6-9(16(3,12)13)5-4-8-15(2,10)11/h8H,4-7H2,1-3H3. The van der Waals surface area contributed by atoms with Gasteiger partial charge in [0.2, 0.25) is 20.0 Å². The monoisotopic (exact) mass is 274 g/mol. The van der Waals surface area contributed by atoms with Crippen molar-refractivity contribution in [2.75, 3.05) is 45.9 Å². The van der Waals surface area contributed by atoms with E-state index in [1.165, 1.54) is 7.11 Å². The Morgan fingerprint density at radius 1 is 1.12 bits per heavy atom. The fourth-order valence-corrected chi connectivity index (χ4v) is 2.28. The Labute approximate surface area is 96.9 Å². The van der Waals surface area contributed by atoms with Crippen molar-refractivity contribution in [3.05, 3.63) is 0 Å². The van der Waals surface area contributed by atoms with Crippen LogP contribution < -0.4 is 4.72 Å². The molecule has 0 radical (unpaired) electrons. The molecule has 0 aromatic rings. The van der Waals surface area contributed by atoms with Gasteiger partial charge in [0.05, 0.1) is 19.1 Å². The summed E-state index contributed by atoms with van der Waals surface area (Å²) in [5, 5.41) is 0. The van der Waals surface area contributed by atoms with Crippen LogP contribution in [0.2, 0.25) is 0 Å². The van der Waals surface area contributed by atoms with Crippen LogP contribution in [0.1, 0.15) is 0 Å². The van der Waals surface area contributed by atoms with Gasteiger partial charge in [-0.3, -0.25) is 0 Å². The maximum Gasteiger partial charge on any atom is 0.211 e. The highest BCUT2D eigenvalue weighted by molar-refractivity contribution is 7.88. The van der Waals surface area contributed by atoms with Crippen LogP contribution in [0.4, 0.5) is 0 Å². The van der Waals surface area contributed by atoms with Gasteiger partial charge >= 0.3 is 0 Å². The number of sulfonamides is 2. The van der Waals surface area contributed by atoms with E-state index in [1.807, 2.05) is 0 Å². The third-order valence-corrected chi connectivity index (χ3v) is 3.77. The van der Waals surface area contributed by atoms with Gasteiger partial charge in [-0.1, -0.05) is 0 Å². The summed E-state index contributed by atoms with van der Waals surface area (Å²) in [7, 11) is -5.16. The molecule has 0 aliphatic heterocycles. The molecule has 7 nitrogen and oxygen atoms in total. The topological polar surface area (TPSA) is 92.8 Å². The van der Waals surface area contributed by atoms with Crippen molar-refractivity contribution in [1.82, 2.24) is 9.03 Å². The highest BCUT2D eigenvalue weighted by Gasteiger charge is 2.16. The Hall–Kier alpha value is -0.220. The molecule has 9 heteroatoms. The Kier molecular flexibility index (Phi) is 6.41. The summed E-state index contributed by atoms with van der Waals surface area (Å²) < 4.78 is 52.3. The molecule has 0 saturated heterocycles. The molecule has 0 aliphatic carbocycles.